The van der Waals surface area contributed by atoms with Gasteiger partial charge < -0.3 is 25.4 Å². The average molecular weight is 543 g/mol. The first-order chi connectivity index (χ1) is 17.8. The lowest BCUT2D eigenvalue weighted by Gasteiger charge is -2.33. The number of hydrogen-bond donors (Lipinski definition) is 2. The Labute approximate surface area is 227 Å². The normalized spacial score (nSPS) is 16.9. The molecule has 0 spiro atoms. The standard InChI is InChI=1S/C27H38N6O4S/c1-26(2,3)36-24(34)20-21(31-23-19(18-9-13-38-16-18)14-30-33(23)22(20)28)17-8-7-11-32(15-17)12-10-29-25(35)37-27(4,5)6/h9,13-14,16-17H,7-8,10-12,15,28H2,1-6H3,(H,29,35). The highest BCUT2D eigenvalue weighted by molar-refractivity contribution is 7.08. The second-order valence-corrected chi connectivity index (χ2v) is 12.4. The molecule has 1 saturated heterocycles. The molecule has 3 aromatic heterocycles. The number of thiophene rings is 1. The number of piperidine rings is 1. The van der Waals surface area contributed by atoms with Crippen LogP contribution in [0.5, 0.6) is 0 Å². The van der Waals surface area contributed by atoms with E-state index in [1.54, 1.807) is 17.5 Å². The van der Waals surface area contributed by atoms with Crippen LogP contribution in [0, 0.1) is 0 Å². The Balaban J connectivity index is 1.63. The number of hydrogen-bond acceptors (Lipinski definition) is 9. The molecular formula is C27H38N6O4S. The molecule has 38 heavy (non-hydrogen) atoms. The van der Waals surface area contributed by atoms with E-state index in [0.717, 1.165) is 30.5 Å². The van der Waals surface area contributed by atoms with E-state index in [4.69, 9.17) is 20.2 Å². The van der Waals surface area contributed by atoms with Crippen LogP contribution in [0.1, 0.15) is 76.4 Å². The lowest BCUT2D eigenvalue weighted by Crippen LogP contribution is -2.41. The van der Waals surface area contributed by atoms with Gasteiger partial charge >= 0.3 is 12.1 Å². The van der Waals surface area contributed by atoms with Crippen LogP contribution in [0.4, 0.5) is 10.6 Å². The van der Waals surface area contributed by atoms with E-state index in [2.05, 4.69) is 15.3 Å². The number of nitrogens with zero attached hydrogens (tertiary/aromatic N) is 4. The molecule has 1 fully saturated rings. The van der Waals surface area contributed by atoms with Gasteiger partial charge in [-0.25, -0.2) is 14.6 Å². The van der Waals surface area contributed by atoms with E-state index < -0.39 is 23.3 Å². The molecule has 3 aromatic rings. The Hall–Kier alpha value is -3.18. The molecule has 4 rings (SSSR count). The van der Waals surface area contributed by atoms with E-state index in [0.29, 0.717) is 31.0 Å². The number of nitrogens with one attached hydrogen (secondary N) is 1. The predicted molar refractivity (Wildman–Crippen MR) is 149 cm³/mol. The van der Waals surface area contributed by atoms with Gasteiger partial charge in [-0.05, 0) is 83.3 Å². The van der Waals surface area contributed by atoms with Crippen molar-refractivity contribution in [3.63, 3.8) is 0 Å². The fourth-order valence-electron chi connectivity index (χ4n) is 4.60. The predicted octanol–water partition coefficient (Wildman–Crippen LogP) is 4.70. The van der Waals surface area contributed by atoms with Gasteiger partial charge in [0, 0.05) is 31.1 Å². The fourth-order valence-corrected chi connectivity index (χ4v) is 5.26. The Morgan fingerprint density at radius 3 is 2.58 bits per heavy atom. The number of nitrogens with two attached hydrogens (primary N) is 1. The van der Waals surface area contributed by atoms with Crippen LogP contribution >= 0.6 is 11.3 Å². The van der Waals surface area contributed by atoms with Crippen molar-refractivity contribution in [3.05, 3.63) is 34.3 Å². The van der Waals surface area contributed by atoms with Gasteiger partial charge in [-0.3, -0.25) is 0 Å². The minimum Gasteiger partial charge on any atom is -0.456 e. The van der Waals surface area contributed by atoms with Crippen LogP contribution in [-0.2, 0) is 9.47 Å². The zero-order chi connectivity index (χ0) is 27.7. The lowest BCUT2D eigenvalue weighted by atomic mass is 9.91. The minimum atomic E-state index is -0.687. The van der Waals surface area contributed by atoms with E-state index in [9.17, 15) is 9.59 Å². The quantitative estimate of drug-likeness (QED) is 0.430. The summed E-state index contributed by atoms with van der Waals surface area (Å²) in [6.07, 6.45) is 3.09. The number of alkyl carbamates (subject to hydrolysis) is 1. The van der Waals surface area contributed by atoms with E-state index in [1.807, 2.05) is 58.4 Å². The van der Waals surface area contributed by atoms with Crippen molar-refractivity contribution in [2.45, 2.75) is 71.5 Å². The smallest absolute Gasteiger partial charge is 0.407 e. The number of carbonyl (C=O) groups excluding carboxylic acids is 2. The molecule has 1 aliphatic rings. The van der Waals surface area contributed by atoms with Gasteiger partial charge in [-0.15, -0.1) is 0 Å². The summed E-state index contributed by atoms with van der Waals surface area (Å²) in [7, 11) is 0. The van der Waals surface area contributed by atoms with Crippen molar-refractivity contribution in [2.75, 3.05) is 31.9 Å². The van der Waals surface area contributed by atoms with Gasteiger partial charge in [-0.2, -0.15) is 21.0 Å². The number of aromatic nitrogens is 3. The molecule has 1 aliphatic heterocycles. The summed E-state index contributed by atoms with van der Waals surface area (Å²) in [6, 6.07) is 2.01. The summed E-state index contributed by atoms with van der Waals surface area (Å²) in [5.41, 5.74) is 8.76. The molecule has 1 atom stereocenters. The third-order valence-corrected chi connectivity index (χ3v) is 6.82. The second-order valence-electron chi connectivity index (χ2n) is 11.6. The fraction of sp³-hybridized carbons (Fsp3) is 0.556. The van der Waals surface area contributed by atoms with Gasteiger partial charge in [0.15, 0.2) is 5.65 Å². The molecule has 0 aromatic carbocycles. The zero-order valence-corrected chi connectivity index (χ0v) is 23.9. The number of esters is 1. The number of ether oxygens (including phenoxy) is 2. The Morgan fingerprint density at radius 2 is 1.92 bits per heavy atom. The molecule has 0 radical (unpaired) electrons. The average Bonchev–Trinajstić information content (AvgIpc) is 3.46. The summed E-state index contributed by atoms with van der Waals surface area (Å²) in [5, 5.41) is 11.3. The van der Waals surface area contributed by atoms with Crippen LogP contribution in [0.15, 0.2) is 23.0 Å². The van der Waals surface area contributed by atoms with Gasteiger partial charge in [0.2, 0.25) is 0 Å². The Bertz CT molecular complexity index is 1290. The molecule has 0 bridgehead atoms. The summed E-state index contributed by atoms with van der Waals surface area (Å²) in [5.74, 6) is -0.314. The highest BCUT2D eigenvalue weighted by Crippen LogP contribution is 2.35. The minimum absolute atomic E-state index is 0.0367. The lowest BCUT2D eigenvalue weighted by molar-refractivity contribution is 0.00667. The SMILES string of the molecule is CC(C)(C)OC(=O)NCCN1CCCC(c2nc3c(-c4ccsc4)cnn3c(N)c2C(=O)OC(C)(C)C)C1. The first kappa shape index (κ1) is 27.8. The summed E-state index contributed by atoms with van der Waals surface area (Å²) >= 11 is 1.59. The summed E-state index contributed by atoms with van der Waals surface area (Å²) in [4.78, 5) is 32.7. The van der Waals surface area contributed by atoms with Crippen molar-refractivity contribution < 1.29 is 19.1 Å². The highest BCUT2D eigenvalue weighted by Gasteiger charge is 2.32. The third kappa shape index (κ3) is 6.63. The van der Waals surface area contributed by atoms with Crippen molar-refractivity contribution in [1.82, 2.24) is 24.8 Å². The molecule has 0 saturated carbocycles. The number of fused-ring (bicyclic) bond motifs is 1. The number of amides is 1. The zero-order valence-electron chi connectivity index (χ0n) is 23.0. The molecule has 206 valence electrons. The molecule has 10 nitrogen and oxygen atoms in total. The van der Waals surface area contributed by atoms with Crippen molar-refractivity contribution in [2.24, 2.45) is 0 Å². The highest BCUT2D eigenvalue weighted by atomic mass is 32.1. The van der Waals surface area contributed by atoms with E-state index in [1.165, 1.54) is 4.52 Å². The molecule has 3 N–H and O–H groups in total. The van der Waals surface area contributed by atoms with Gasteiger partial charge in [0.05, 0.1) is 11.9 Å². The van der Waals surface area contributed by atoms with Crippen LogP contribution in [0.25, 0.3) is 16.8 Å². The second kappa shape index (κ2) is 10.9. The van der Waals surface area contributed by atoms with Crippen molar-refractivity contribution >= 4 is 34.9 Å². The van der Waals surface area contributed by atoms with Crippen LogP contribution in [0.2, 0.25) is 0 Å². The maximum Gasteiger partial charge on any atom is 0.407 e. The largest absolute Gasteiger partial charge is 0.456 e. The number of nitrogen functional groups attached to an aromatic ring is 1. The molecule has 0 aliphatic carbocycles. The monoisotopic (exact) mass is 542 g/mol. The number of likely N-dealkylation sites (tertiary alicyclic amines) is 1. The molecule has 4 heterocycles. The number of anilines is 1. The van der Waals surface area contributed by atoms with Gasteiger partial charge in [0.25, 0.3) is 0 Å². The van der Waals surface area contributed by atoms with Crippen LogP contribution in [-0.4, -0.2) is 68.9 Å². The number of rotatable bonds is 6. The summed E-state index contributed by atoms with van der Waals surface area (Å²) in [6.45, 7) is 13.7. The molecular weight excluding hydrogens is 504 g/mol. The van der Waals surface area contributed by atoms with E-state index in [-0.39, 0.29) is 17.3 Å². The maximum absolute atomic E-state index is 13.4. The van der Waals surface area contributed by atoms with E-state index >= 15 is 0 Å². The maximum atomic E-state index is 13.4. The first-order valence-corrected chi connectivity index (χ1v) is 13.9. The first-order valence-electron chi connectivity index (χ1n) is 12.9. The van der Waals surface area contributed by atoms with Crippen molar-refractivity contribution in [1.29, 1.82) is 0 Å². The summed E-state index contributed by atoms with van der Waals surface area (Å²) < 4.78 is 12.6. The van der Waals surface area contributed by atoms with Gasteiger partial charge in [-0.1, -0.05) is 0 Å². The number of carbonyl (C=O) groups is 2. The van der Waals surface area contributed by atoms with Crippen molar-refractivity contribution in [3.8, 4) is 11.1 Å². The third-order valence-electron chi connectivity index (χ3n) is 6.13. The topological polar surface area (TPSA) is 124 Å². The Kier molecular flexibility index (Phi) is 7.98. The van der Waals surface area contributed by atoms with Crippen LogP contribution < -0.4 is 11.1 Å². The molecule has 11 heteroatoms. The van der Waals surface area contributed by atoms with Crippen LogP contribution in [0.3, 0.4) is 0 Å². The molecule has 1 amide bonds. The van der Waals surface area contributed by atoms with Gasteiger partial charge in [0.1, 0.15) is 22.6 Å². The molecule has 1 unspecified atom stereocenters. The Morgan fingerprint density at radius 1 is 1.18 bits per heavy atom.